The summed E-state index contributed by atoms with van der Waals surface area (Å²) in [6.45, 7) is 1.07. The number of rotatable bonds is 1. The number of aromatic nitrogens is 2. The van der Waals surface area contributed by atoms with Crippen LogP contribution in [0.5, 0.6) is 0 Å². The molecular weight excluding hydrogens is 118 g/mol. The summed E-state index contributed by atoms with van der Waals surface area (Å²) >= 11 is 0. The van der Waals surface area contributed by atoms with Gasteiger partial charge in [-0.25, -0.2) is 0 Å². The van der Waals surface area contributed by atoms with Crippen LogP contribution in [0.3, 0.4) is 0 Å². The van der Waals surface area contributed by atoms with E-state index in [0.717, 1.165) is 18.8 Å². The molecule has 0 spiro atoms. The van der Waals surface area contributed by atoms with Crippen molar-refractivity contribution in [2.45, 2.75) is 12.5 Å². The van der Waals surface area contributed by atoms with E-state index >= 15 is 0 Å². The van der Waals surface area contributed by atoms with Crippen molar-refractivity contribution in [2.24, 2.45) is 0 Å². The van der Waals surface area contributed by atoms with Gasteiger partial charge in [-0.1, -0.05) is 5.16 Å². The average molecular weight is 125 g/mol. The van der Waals surface area contributed by atoms with Gasteiger partial charge >= 0.3 is 0 Å². The first-order valence-corrected chi connectivity index (χ1v) is 2.96. The molecule has 1 aromatic rings. The summed E-state index contributed by atoms with van der Waals surface area (Å²) in [5.41, 5.74) is 0. The minimum Gasteiger partial charge on any atom is -0.343 e. The van der Waals surface area contributed by atoms with Crippen LogP contribution in [0.4, 0.5) is 0 Å². The Balaban J connectivity index is 2.14. The van der Waals surface area contributed by atoms with E-state index in [2.05, 4.69) is 20.0 Å². The van der Waals surface area contributed by atoms with Gasteiger partial charge in [0, 0.05) is 0 Å². The van der Waals surface area contributed by atoms with E-state index in [1.54, 1.807) is 0 Å². The zero-order chi connectivity index (χ0) is 6.10. The normalized spacial score (nSPS) is 25.6. The second-order valence-corrected chi connectivity index (χ2v) is 2.08. The third-order valence-electron chi connectivity index (χ3n) is 1.51. The molecule has 1 aliphatic heterocycles. The molecule has 48 valence electrons. The van der Waals surface area contributed by atoms with E-state index in [1.165, 1.54) is 6.39 Å². The Hall–Kier alpha value is -0.900. The minimum absolute atomic E-state index is 0.351. The number of nitrogens with one attached hydrogen (secondary N) is 1. The fourth-order valence-corrected chi connectivity index (χ4v) is 0.841. The summed E-state index contributed by atoms with van der Waals surface area (Å²) < 4.78 is 4.57. The van der Waals surface area contributed by atoms with Crippen molar-refractivity contribution in [3.63, 3.8) is 0 Å². The summed E-state index contributed by atoms with van der Waals surface area (Å²) in [7, 11) is 0. The maximum Gasteiger partial charge on any atom is 0.213 e. The molecule has 1 aliphatic rings. The maximum atomic E-state index is 4.57. The monoisotopic (exact) mass is 125 g/mol. The highest BCUT2D eigenvalue weighted by atomic mass is 16.5. The van der Waals surface area contributed by atoms with E-state index < -0.39 is 0 Å². The molecular formula is C5H7N3O. The van der Waals surface area contributed by atoms with Crippen molar-refractivity contribution >= 4 is 0 Å². The highest BCUT2D eigenvalue weighted by Crippen LogP contribution is 2.17. The van der Waals surface area contributed by atoms with Crippen LogP contribution in [-0.2, 0) is 0 Å². The van der Waals surface area contributed by atoms with Gasteiger partial charge in [-0.3, -0.25) is 0 Å². The smallest absolute Gasteiger partial charge is 0.213 e. The first kappa shape index (κ1) is 4.93. The molecule has 4 heteroatoms. The lowest BCUT2D eigenvalue weighted by Gasteiger charge is -2.23. The fraction of sp³-hybridized carbons (Fsp3) is 0.600. The predicted octanol–water partition coefficient (Wildman–Crippen LogP) is 0.104. The number of hydrogen-bond acceptors (Lipinski definition) is 4. The molecule has 1 aromatic heterocycles. The molecule has 0 bridgehead atoms. The predicted molar refractivity (Wildman–Crippen MR) is 29.7 cm³/mol. The number of nitrogens with zero attached hydrogens (tertiary/aromatic N) is 2. The third kappa shape index (κ3) is 0.712. The van der Waals surface area contributed by atoms with Crippen LogP contribution in [0, 0.1) is 0 Å². The minimum atomic E-state index is 0.351. The van der Waals surface area contributed by atoms with Crippen molar-refractivity contribution in [2.75, 3.05) is 6.54 Å². The largest absolute Gasteiger partial charge is 0.343 e. The van der Waals surface area contributed by atoms with Gasteiger partial charge in [0.1, 0.15) is 0 Å². The van der Waals surface area contributed by atoms with Gasteiger partial charge < -0.3 is 9.84 Å². The first-order chi connectivity index (χ1) is 4.47. The molecule has 4 nitrogen and oxygen atoms in total. The molecule has 1 unspecified atom stereocenters. The Morgan fingerprint density at radius 2 is 2.67 bits per heavy atom. The zero-order valence-corrected chi connectivity index (χ0v) is 4.87. The second kappa shape index (κ2) is 1.80. The van der Waals surface area contributed by atoms with Gasteiger partial charge in [0.05, 0.1) is 6.04 Å². The summed E-state index contributed by atoms with van der Waals surface area (Å²) in [4.78, 5) is 3.90. The van der Waals surface area contributed by atoms with Crippen molar-refractivity contribution in [1.82, 2.24) is 15.5 Å². The van der Waals surface area contributed by atoms with Crippen LogP contribution in [0.2, 0.25) is 0 Å². The van der Waals surface area contributed by atoms with E-state index in [1.807, 2.05) is 0 Å². The van der Waals surface area contributed by atoms with Crippen LogP contribution in [0.15, 0.2) is 10.9 Å². The molecule has 2 rings (SSSR count). The van der Waals surface area contributed by atoms with Gasteiger partial charge in [-0.2, -0.15) is 4.98 Å². The summed E-state index contributed by atoms with van der Waals surface area (Å²) in [5, 5.41) is 6.85. The molecule has 1 N–H and O–H groups in total. The summed E-state index contributed by atoms with van der Waals surface area (Å²) in [6.07, 6.45) is 2.48. The van der Waals surface area contributed by atoms with Crippen molar-refractivity contribution in [3.05, 3.63) is 12.2 Å². The zero-order valence-electron chi connectivity index (χ0n) is 4.87. The van der Waals surface area contributed by atoms with Crippen LogP contribution in [0.1, 0.15) is 18.3 Å². The molecule has 0 aliphatic carbocycles. The summed E-state index contributed by atoms with van der Waals surface area (Å²) in [6, 6.07) is 0.351. The van der Waals surface area contributed by atoms with Crippen LogP contribution < -0.4 is 5.32 Å². The topological polar surface area (TPSA) is 51.0 Å². The molecule has 1 saturated heterocycles. The van der Waals surface area contributed by atoms with E-state index in [9.17, 15) is 0 Å². The quantitative estimate of drug-likeness (QED) is 0.578. The van der Waals surface area contributed by atoms with Gasteiger partial charge in [-0.15, -0.1) is 0 Å². The highest BCUT2D eigenvalue weighted by molar-refractivity contribution is 4.95. The molecule has 0 amide bonds. The Kier molecular flexibility index (Phi) is 0.989. The number of hydrogen-bond donors (Lipinski definition) is 1. The van der Waals surface area contributed by atoms with E-state index in [0.29, 0.717) is 6.04 Å². The summed E-state index contributed by atoms with van der Waals surface area (Å²) in [5.74, 6) is 0.779. The maximum absolute atomic E-state index is 4.57. The Bertz CT molecular complexity index is 180. The van der Waals surface area contributed by atoms with Crippen molar-refractivity contribution < 1.29 is 4.52 Å². The average Bonchev–Trinajstić information content (AvgIpc) is 2.11. The lowest BCUT2D eigenvalue weighted by atomic mass is 10.1. The molecule has 2 heterocycles. The van der Waals surface area contributed by atoms with Gasteiger partial charge in [0.15, 0.2) is 5.82 Å². The SMILES string of the molecule is c1nc(C2CCN2)no1. The lowest BCUT2D eigenvalue weighted by Crippen LogP contribution is -2.35. The molecule has 1 atom stereocenters. The standard InChI is InChI=1S/C5H7N3O/c1-2-6-4(1)5-7-3-9-8-5/h3-4,6H,1-2H2. The van der Waals surface area contributed by atoms with E-state index in [4.69, 9.17) is 0 Å². The fourth-order valence-electron chi connectivity index (χ4n) is 0.841. The Labute approximate surface area is 52.3 Å². The van der Waals surface area contributed by atoms with Crippen LogP contribution in [-0.4, -0.2) is 16.7 Å². The third-order valence-corrected chi connectivity index (χ3v) is 1.51. The molecule has 0 aromatic carbocycles. The van der Waals surface area contributed by atoms with Crippen LogP contribution >= 0.6 is 0 Å². The van der Waals surface area contributed by atoms with Gasteiger partial charge in [0.2, 0.25) is 6.39 Å². The first-order valence-electron chi connectivity index (χ1n) is 2.96. The molecule has 1 fully saturated rings. The second-order valence-electron chi connectivity index (χ2n) is 2.08. The Morgan fingerprint density at radius 3 is 3.11 bits per heavy atom. The molecule has 0 radical (unpaired) electrons. The van der Waals surface area contributed by atoms with Crippen molar-refractivity contribution in [3.8, 4) is 0 Å². The molecule has 0 saturated carbocycles. The highest BCUT2D eigenvalue weighted by Gasteiger charge is 2.21. The van der Waals surface area contributed by atoms with E-state index in [-0.39, 0.29) is 0 Å². The lowest BCUT2D eigenvalue weighted by molar-refractivity contribution is 0.340. The Morgan fingerprint density at radius 1 is 1.78 bits per heavy atom. The van der Waals surface area contributed by atoms with Gasteiger partial charge in [0.25, 0.3) is 0 Å². The molecule has 9 heavy (non-hydrogen) atoms. The van der Waals surface area contributed by atoms with Crippen molar-refractivity contribution in [1.29, 1.82) is 0 Å². The van der Waals surface area contributed by atoms with Gasteiger partial charge in [-0.05, 0) is 13.0 Å². The van der Waals surface area contributed by atoms with Crippen LogP contribution in [0.25, 0.3) is 0 Å².